The second-order valence-corrected chi connectivity index (χ2v) is 10.2. The van der Waals surface area contributed by atoms with E-state index in [-0.39, 0.29) is 6.03 Å². The van der Waals surface area contributed by atoms with Crippen molar-refractivity contribution < 1.29 is 4.79 Å². The van der Waals surface area contributed by atoms with Crippen molar-refractivity contribution in [3.05, 3.63) is 29.8 Å². The Bertz CT molecular complexity index is 495. The van der Waals surface area contributed by atoms with E-state index >= 15 is 0 Å². The van der Waals surface area contributed by atoms with Gasteiger partial charge < -0.3 is 10.6 Å². The van der Waals surface area contributed by atoms with E-state index in [0.717, 1.165) is 17.7 Å². The highest BCUT2D eigenvalue weighted by Crippen LogP contribution is 2.14. The van der Waals surface area contributed by atoms with Crippen LogP contribution in [0.25, 0.3) is 0 Å². The van der Waals surface area contributed by atoms with Crippen molar-refractivity contribution >= 4 is 19.8 Å². The fraction of sp³-hybridized carbons (Fsp3) is 0.400. The van der Waals surface area contributed by atoms with Gasteiger partial charge in [-0.1, -0.05) is 44.6 Å². The topological polar surface area (TPSA) is 41.1 Å². The zero-order chi connectivity index (χ0) is 14.3. The van der Waals surface area contributed by atoms with Crippen molar-refractivity contribution in [1.82, 2.24) is 5.32 Å². The Hall–Kier alpha value is -1.73. The SMILES string of the molecule is CCCNC(=O)Nc1ccccc1C#C[Si](C)(C)C. The molecule has 0 bridgehead atoms. The molecule has 0 spiro atoms. The highest BCUT2D eigenvalue weighted by atomic mass is 28.3. The lowest BCUT2D eigenvalue weighted by Gasteiger charge is -2.09. The maximum atomic E-state index is 11.7. The van der Waals surface area contributed by atoms with Crippen LogP contribution in [0.4, 0.5) is 10.5 Å². The summed E-state index contributed by atoms with van der Waals surface area (Å²) in [7, 11) is -1.41. The van der Waals surface area contributed by atoms with Crippen LogP contribution in [0.5, 0.6) is 0 Å². The van der Waals surface area contributed by atoms with Gasteiger partial charge >= 0.3 is 6.03 Å². The summed E-state index contributed by atoms with van der Waals surface area (Å²) in [6.45, 7) is 9.29. The predicted octanol–water partition coefficient (Wildman–Crippen LogP) is 3.45. The average molecular weight is 274 g/mol. The van der Waals surface area contributed by atoms with Gasteiger partial charge in [0.05, 0.1) is 5.69 Å². The second-order valence-electron chi connectivity index (χ2n) is 5.43. The fourth-order valence-electron chi connectivity index (χ4n) is 1.36. The van der Waals surface area contributed by atoms with Crippen molar-refractivity contribution in [1.29, 1.82) is 0 Å². The number of carbonyl (C=O) groups is 1. The first-order valence-corrected chi connectivity index (χ1v) is 10.1. The molecular weight excluding hydrogens is 252 g/mol. The lowest BCUT2D eigenvalue weighted by Crippen LogP contribution is -2.29. The largest absolute Gasteiger partial charge is 0.338 e. The molecule has 0 heterocycles. The molecule has 0 aliphatic carbocycles. The molecule has 0 atom stereocenters. The highest BCUT2D eigenvalue weighted by Gasteiger charge is 2.08. The van der Waals surface area contributed by atoms with Gasteiger partial charge in [-0.3, -0.25) is 0 Å². The Labute approximate surface area is 116 Å². The van der Waals surface area contributed by atoms with E-state index in [1.54, 1.807) is 0 Å². The standard InChI is InChI=1S/C15H22N2OSi/c1-5-11-16-15(18)17-14-9-7-6-8-13(14)10-12-19(2,3)4/h6-9H,5,11H2,1-4H3,(H2,16,17,18). The number of benzene rings is 1. The number of nitrogens with one attached hydrogen (secondary N) is 2. The maximum absolute atomic E-state index is 11.7. The van der Waals surface area contributed by atoms with E-state index in [1.807, 2.05) is 31.2 Å². The smallest absolute Gasteiger partial charge is 0.319 e. The molecule has 0 aromatic heterocycles. The molecule has 3 nitrogen and oxygen atoms in total. The molecule has 0 fully saturated rings. The molecule has 0 aliphatic heterocycles. The van der Waals surface area contributed by atoms with Gasteiger partial charge in [-0.05, 0) is 18.6 Å². The van der Waals surface area contributed by atoms with E-state index in [4.69, 9.17) is 0 Å². The summed E-state index contributed by atoms with van der Waals surface area (Å²) in [4.78, 5) is 11.7. The van der Waals surface area contributed by atoms with Crippen molar-refractivity contribution in [3.8, 4) is 11.5 Å². The van der Waals surface area contributed by atoms with Crippen molar-refractivity contribution in [2.24, 2.45) is 0 Å². The van der Waals surface area contributed by atoms with E-state index in [1.165, 1.54) is 0 Å². The van der Waals surface area contributed by atoms with Gasteiger partial charge in [0.2, 0.25) is 0 Å². The molecule has 1 rings (SSSR count). The Morgan fingerprint density at radius 3 is 2.58 bits per heavy atom. The maximum Gasteiger partial charge on any atom is 0.319 e. The minimum absolute atomic E-state index is 0.177. The first-order valence-electron chi connectivity index (χ1n) is 6.59. The van der Waals surface area contributed by atoms with Gasteiger partial charge in [0.15, 0.2) is 0 Å². The molecule has 0 unspecified atom stereocenters. The zero-order valence-corrected chi connectivity index (χ0v) is 13.1. The van der Waals surface area contributed by atoms with Crippen LogP contribution in [0.1, 0.15) is 18.9 Å². The quantitative estimate of drug-likeness (QED) is 0.643. The number of urea groups is 1. The van der Waals surface area contributed by atoms with Gasteiger partial charge in [0, 0.05) is 12.1 Å². The zero-order valence-electron chi connectivity index (χ0n) is 12.1. The molecule has 0 radical (unpaired) electrons. The summed E-state index contributed by atoms with van der Waals surface area (Å²) < 4.78 is 0. The van der Waals surface area contributed by atoms with Crippen LogP contribution < -0.4 is 10.6 Å². The van der Waals surface area contributed by atoms with E-state index in [0.29, 0.717) is 6.54 Å². The van der Waals surface area contributed by atoms with Crippen LogP contribution in [-0.4, -0.2) is 20.6 Å². The molecule has 19 heavy (non-hydrogen) atoms. The number of amides is 2. The third-order valence-corrected chi connectivity index (χ3v) is 3.16. The molecule has 102 valence electrons. The van der Waals surface area contributed by atoms with Crippen molar-refractivity contribution in [2.45, 2.75) is 33.0 Å². The molecule has 0 aliphatic rings. The Kier molecular flexibility index (Phi) is 5.65. The van der Waals surface area contributed by atoms with Gasteiger partial charge in [0.25, 0.3) is 0 Å². The van der Waals surface area contributed by atoms with E-state index < -0.39 is 8.07 Å². The number of carbonyl (C=O) groups excluding carboxylic acids is 1. The monoisotopic (exact) mass is 274 g/mol. The van der Waals surface area contributed by atoms with Gasteiger partial charge in [-0.2, -0.15) is 0 Å². The Morgan fingerprint density at radius 2 is 1.95 bits per heavy atom. The van der Waals surface area contributed by atoms with Crippen LogP contribution in [0.3, 0.4) is 0 Å². The van der Waals surface area contributed by atoms with Crippen molar-refractivity contribution in [3.63, 3.8) is 0 Å². The number of anilines is 1. The summed E-state index contributed by atoms with van der Waals surface area (Å²) in [5.74, 6) is 3.18. The predicted molar refractivity (Wildman–Crippen MR) is 84.0 cm³/mol. The number of para-hydroxylation sites is 1. The van der Waals surface area contributed by atoms with Crippen LogP contribution in [0.2, 0.25) is 19.6 Å². The average Bonchev–Trinajstić information content (AvgIpc) is 2.34. The second kappa shape index (κ2) is 7.00. The first kappa shape index (κ1) is 15.3. The van der Waals surface area contributed by atoms with Crippen molar-refractivity contribution in [2.75, 3.05) is 11.9 Å². The Morgan fingerprint density at radius 1 is 1.26 bits per heavy atom. The molecule has 2 N–H and O–H groups in total. The Balaban J connectivity index is 2.84. The minimum Gasteiger partial charge on any atom is -0.338 e. The summed E-state index contributed by atoms with van der Waals surface area (Å²) in [6, 6.07) is 7.46. The fourth-order valence-corrected chi connectivity index (χ4v) is 1.87. The van der Waals surface area contributed by atoms with Crippen LogP contribution in [-0.2, 0) is 0 Å². The van der Waals surface area contributed by atoms with Gasteiger partial charge in [-0.15, -0.1) is 5.54 Å². The van der Waals surface area contributed by atoms with Gasteiger partial charge in [0.1, 0.15) is 8.07 Å². The van der Waals surface area contributed by atoms with Gasteiger partial charge in [-0.25, -0.2) is 4.79 Å². The molecular formula is C15H22N2OSi. The molecule has 1 aromatic rings. The van der Waals surface area contributed by atoms with Crippen LogP contribution >= 0.6 is 0 Å². The van der Waals surface area contributed by atoms with E-state index in [2.05, 4.69) is 41.7 Å². The third kappa shape index (κ3) is 6.12. The summed E-state index contributed by atoms with van der Waals surface area (Å²) in [6.07, 6.45) is 0.921. The highest BCUT2D eigenvalue weighted by molar-refractivity contribution is 6.83. The third-order valence-electron chi connectivity index (χ3n) is 2.28. The first-order chi connectivity index (χ1) is 8.92. The molecule has 0 saturated carbocycles. The molecule has 0 saturated heterocycles. The normalized spacial score (nSPS) is 10.3. The number of hydrogen-bond acceptors (Lipinski definition) is 1. The lowest BCUT2D eigenvalue weighted by molar-refractivity contribution is 0.252. The van der Waals surface area contributed by atoms with Crippen LogP contribution in [0.15, 0.2) is 24.3 Å². The number of hydrogen-bond donors (Lipinski definition) is 2. The molecule has 2 amide bonds. The minimum atomic E-state index is -1.41. The summed E-state index contributed by atoms with van der Waals surface area (Å²) in [5, 5.41) is 5.64. The molecule has 1 aromatic carbocycles. The lowest BCUT2D eigenvalue weighted by atomic mass is 10.2. The van der Waals surface area contributed by atoms with Crippen LogP contribution in [0, 0.1) is 11.5 Å². The molecule has 4 heteroatoms. The van der Waals surface area contributed by atoms with E-state index in [9.17, 15) is 4.79 Å². The summed E-state index contributed by atoms with van der Waals surface area (Å²) in [5.41, 5.74) is 4.95. The number of rotatable bonds is 3. The summed E-state index contributed by atoms with van der Waals surface area (Å²) >= 11 is 0.